The van der Waals surface area contributed by atoms with Crippen molar-refractivity contribution in [2.75, 3.05) is 7.05 Å². The summed E-state index contributed by atoms with van der Waals surface area (Å²) in [7, 11) is 1.95. The normalized spacial score (nSPS) is 11.6. The van der Waals surface area contributed by atoms with E-state index in [1.807, 2.05) is 26.4 Å². The fraction of sp³-hybridized carbons (Fsp3) is 0.417. The van der Waals surface area contributed by atoms with Crippen molar-refractivity contribution in [3.05, 3.63) is 29.6 Å². The topological polar surface area (TPSA) is 24.9 Å². The SMILES string of the molecule is CC#CCC(NC)c1cncc(C)c1. The van der Waals surface area contributed by atoms with Gasteiger partial charge in [-0.15, -0.1) is 11.8 Å². The summed E-state index contributed by atoms with van der Waals surface area (Å²) >= 11 is 0. The third-order valence-corrected chi connectivity index (χ3v) is 2.13. The Morgan fingerprint density at radius 2 is 2.29 bits per heavy atom. The van der Waals surface area contributed by atoms with Gasteiger partial charge in [0.15, 0.2) is 0 Å². The predicted molar refractivity (Wildman–Crippen MR) is 58.8 cm³/mol. The minimum atomic E-state index is 0.287. The zero-order valence-electron chi connectivity index (χ0n) is 8.96. The maximum Gasteiger partial charge on any atom is 0.0443 e. The van der Waals surface area contributed by atoms with Gasteiger partial charge in [0.2, 0.25) is 0 Å². The molecule has 0 fully saturated rings. The highest BCUT2D eigenvalue weighted by molar-refractivity contribution is 5.21. The molecule has 1 aromatic rings. The van der Waals surface area contributed by atoms with Crippen LogP contribution in [0.3, 0.4) is 0 Å². The highest BCUT2D eigenvalue weighted by atomic mass is 14.9. The molecule has 0 radical (unpaired) electrons. The number of hydrogen-bond acceptors (Lipinski definition) is 2. The van der Waals surface area contributed by atoms with Crippen molar-refractivity contribution in [1.29, 1.82) is 0 Å². The lowest BCUT2D eigenvalue weighted by atomic mass is 10.1. The van der Waals surface area contributed by atoms with Crippen LogP contribution in [0.1, 0.15) is 30.5 Å². The van der Waals surface area contributed by atoms with E-state index in [2.05, 4.69) is 35.1 Å². The van der Waals surface area contributed by atoms with Crippen molar-refractivity contribution >= 4 is 0 Å². The molecule has 0 saturated heterocycles. The van der Waals surface area contributed by atoms with E-state index in [4.69, 9.17) is 0 Å². The third kappa shape index (κ3) is 2.86. The molecular weight excluding hydrogens is 172 g/mol. The van der Waals surface area contributed by atoms with Gasteiger partial charge in [-0.25, -0.2) is 0 Å². The highest BCUT2D eigenvalue weighted by Gasteiger charge is 2.07. The molecule has 1 atom stereocenters. The summed E-state index contributed by atoms with van der Waals surface area (Å²) in [4.78, 5) is 4.17. The van der Waals surface area contributed by atoms with E-state index in [9.17, 15) is 0 Å². The summed E-state index contributed by atoms with van der Waals surface area (Å²) in [6.45, 7) is 3.91. The molecule has 0 aliphatic carbocycles. The zero-order valence-corrected chi connectivity index (χ0v) is 8.96. The van der Waals surface area contributed by atoms with Crippen LogP contribution >= 0.6 is 0 Å². The monoisotopic (exact) mass is 188 g/mol. The summed E-state index contributed by atoms with van der Waals surface area (Å²) in [5, 5.41) is 3.24. The van der Waals surface area contributed by atoms with Crippen molar-refractivity contribution in [2.24, 2.45) is 0 Å². The summed E-state index contributed by atoms with van der Waals surface area (Å²) in [5.41, 5.74) is 2.39. The van der Waals surface area contributed by atoms with Crippen LogP contribution in [0.15, 0.2) is 18.5 Å². The van der Waals surface area contributed by atoms with E-state index in [0.717, 1.165) is 6.42 Å². The van der Waals surface area contributed by atoms with Crippen molar-refractivity contribution in [1.82, 2.24) is 10.3 Å². The van der Waals surface area contributed by atoms with Crippen LogP contribution < -0.4 is 5.32 Å². The zero-order chi connectivity index (χ0) is 10.4. The molecule has 14 heavy (non-hydrogen) atoms. The Morgan fingerprint density at radius 1 is 1.50 bits per heavy atom. The second-order valence-corrected chi connectivity index (χ2v) is 3.27. The van der Waals surface area contributed by atoms with E-state index >= 15 is 0 Å². The number of aromatic nitrogens is 1. The number of pyridine rings is 1. The lowest BCUT2D eigenvalue weighted by Crippen LogP contribution is -2.16. The Morgan fingerprint density at radius 3 is 2.86 bits per heavy atom. The van der Waals surface area contributed by atoms with Crippen LogP contribution in [-0.4, -0.2) is 12.0 Å². The van der Waals surface area contributed by atoms with Crippen LogP contribution in [0.4, 0.5) is 0 Å². The first-order valence-electron chi connectivity index (χ1n) is 4.76. The molecule has 1 N–H and O–H groups in total. The van der Waals surface area contributed by atoms with Crippen LogP contribution in [0.5, 0.6) is 0 Å². The van der Waals surface area contributed by atoms with E-state index in [1.165, 1.54) is 11.1 Å². The van der Waals surface area contributed by atoms with Gasteiger partial charge in [-0.05, 0) is 32.0 Å². The molecule has 0 aliphatic rings. The second kappa shape index (κ2) is 5.41. The Kier molecular flexibility index (Phi) is 4.15. The Balaban J connectivity index is 2.81. The maximum atomic E-state index is 4.17. The van der Waals surface area contributed by atoms with Crippen LogP contribution in [0.2, 0.25) is 0 Å². The molecular formula is C12H16N2. The first-order valence-corrected chi connectivity index (χ1v) is 4.76. The number of rotatable bonds is 3. The van der Waals surface area contributed by atoms with Gasteiger partial charge in [0.25, 0.3) is 0 Å². The van der Waals surface area contributed by atoms with Crippen LogP contribution in [-0.2, 0) is 0 Å². The largest absolute Gasteiger partial charge is 0.312 e. The molecule has 0 spiro atoms. The molecule has 0 aliphatic heterocycles. The molecule has 1 aromatic heterocycles. The van der Waals surface area contributed by atoms with Gasteiger partial charge in [-0.3, -0.25) is 4.98 Å². The number of hydrogen-bond donors (Lipinski definition) is 1. The van der Waals surface area contributed by atoms with Crippen molar-refractivity contribution in [3.63, 3.8) is 0 Å². The van der Waals surface area contributed by atoms with E-state index in [1.54, 1.807) is 0 Å². The lowest BCUT2D eigenvalue weighted by Gasteiger charge is -2.13. The molecule has 2 nitrogen and oxygen atoms in total. The fourth-order valence-electron chi connectivity index (χ4n) is 1.36. The average Bonchev–Trinajstić information content (AvgIpc) is 2.19. The van der Waals surface area contributed by atoms with Crippen LogP contribution in [0.25, 0.3) is 0 Å². The third-order valence-electron chi connectivity index (χ3n) is 2.13. The summed E-state index contributed by atoms with van der Waals surface area (Å²) in [5.74, 6) is 5.98. The first kappa shape index (κ1) is 10.7. The van der Waals surface area contributed by atoms with Crippen LogP contribution in [0, 0.1) is 18.8 Å². The minimum Gasteiger partial charge on any atom is -0.312 e. The van der Waals surface area contributed by atoms with Crippen molar-refractivity contribution in [3.8, 4) is 11.8 Å². The Bertz CT molecular complexity index is 347. The molecule has 1 heterocycles. The molecule has 74 valence electrons. The molecule has 0 saturated carbocycles. The van der Waals surface area contributed by atoms with Gasteiger partial charge < -0.3 is 5.32 Å². The van der Waals surface area contributed by atoms with Crippen molar-refractivity contribution < 1.29 is 0 Å². The predicted octanol–water partition coefficient (Wildman–Crippen LogP) is 2.06. The first-order chi connectivity index (χ1) is 6.77. The van der Waals surface area contributed by atoms with E-state index < -0.39 is 0 Å². The highest BCUT2D eigenvalue weighted by Crippen LogP contribution is 2.15. The summed E-state index contributed by atoms with van der Waals surface area (Å²) in [6.07, 6.45) is 4.59. The lowest BCUT2D eigenvalue weighted by molar-refractivity contribution is 0.608. The van der Waals surface area contributed by atoms with Gasteiger partial charge in [0.1, 0.15) is 0 Å². The molecule has 0 amide bonds. The van der Waals surface area contributed by atoms with Gasteiger partial charge in [-0.2, -0.15) is 0 Å². The van der Waals surface area contributed by atoms with Gasteiger partial charge in [0, 0.05) is 24.9 Å². The molecule has 1 unspecified atom stereocenters. The smallest absolute Gasteiger partial charge is 0.0443 e. The van der Waals surface area contributed by atoms with E-state index in [0.29, 0.717) is 0 Å². The Hall–Kier alpha value is -1.33. The van der Waals surface area contributed by atoms with Gasteiger partial charge >= 0.3 is 0 Å². The average molecular weight is 188 g/mol. The maximum absolute atomic E-state index is 4.17. The Labute approximate surface area is 85.8 Å². The summed E-state index contributed by atoms with van der Waals surface area (Å²) in [6, 6.07) is 2.43. The minimum absolute atomic E-state index is 0.287. The molecule has 0 aromatic carbocycles. The molecule has 1 rings (SSSR count). The quantitative estimate of drug-likeness (QED) is 0.734. The standard InChI is InChI=1S/C12H16N2/c1-4-5-6-12(13-3)11-7-10(2)8-14-9-11/h7-9,12-13H,6H2,1-3H3. The van der Waals surface area contributed by atoms with E-state index in [-0.39, 0.29) is 6.04 Å². The van der Waals surface area contributed by atoms with Crippen molar-refractivity contribution in [2.45, 2.75) is 26.3 Å². The summed E-state index contributed by atoms with van der Waals surface area (Å²) < 4.78 is 0. The number of aryl methyl sites for hydroxylation is 1. The molecule has 2 heteroatoms. The number of nitrogens with one attached hydrogen (secondary N) is 1. The van der Waals surface area contributed by atoms with Gasteiger partial charge in [-0.1, -0.05) is 6.07 Å². The fourth-order valence-corrected chi connectivity index (χ4v) is 1.36. The molecule has 0 bridgehead atoms. The second-order valence-electron chi connectivity index (χ2n) is 3.27. The van der Waals surface area contributed by atoms with Gasteiger partial charge in [0.05, 0.1) is 0 Å². The number of nitrogens with zero attached hydrogens (tertiary/aromatic N) is 1.